The van der Waals surface area contributed by atoms with Gasteiger partial charge in [0.25, 0.3) is 0 Å². The minimum absolute atomic E-state index is 0.499. The summed E-state index contributed by atoms with van der Waals surface area (Å²) in [5.74, 6) is 0. The molecule has 1 aromatic heterocycles. The van der Waals surface area contributed by atoms with Gasteiger partial charge in [-0.25, -0.2) is 0 Å². The van der Waals surface area contributed by atoms with Gasteiger partial charge in [-0.15, -0.1) is 0 Å². The van der Waals surface area contributed by atoms with Gasteiger partial charge in [0.05, 0.1) is 11.0 Å². The van der Waals surface area contributed by atoms with Gasteiger partial charge in [0, 0.05) is 16.5 Å². The van der Waals surface area contributed by atoms with E-state index in [4.69, 9.17) is 0 Å². The molecule has 4 aromatic carbocycles. The lowest BCUT2D eigenvalue weighted by Crippen LogP contribution is -2.29. The van der Waals surface area contributed by atoms with Gasteiger partial charge in [0.15, 0.2) is 0 Å². The van der Waals surface area contributed by atoms with E-state index in [9.17, 15) is 10.0 Å². The molecule has 0 aliphatic carbocycles. The Morgan fingerprint density at radius 3 is 2.19 bits per heavy atom. The van der Waals surface area contributed by atoms with E-state index in [1.807, 2.05) is 36.4 Å². The van der Waals surface area contributed by atoms with Crippen molar-refractivity contribution in [3.63, 3.8) is 0 Å². The number of nitrogens with zero attached hydrogens (tertiary/aromatic N) is 1. The van der Waals surface area contributed by atoms with Crippen LogP contribution in [0.4, 0.5) is 0 Å². The van der Waals surface area contributed by atoms with Crippen LogP contribution in [-0.2, 0) is 0 Å². The highest BCUT2D eigenvalue weighted by Crippen LogP contribution is 2.32. The van der Waals surface area contributed by atoms with E-state index in [2.05, 4.69) is 47.0 Å². The zero-order valence-corrected chi connectivity index (χ0v) is 14.0. The van der Waals surface area contributed by atoms with Gasteiger partial charge in [-0.3, -0.25) is 0 Å². The third kappa shape index (κ3) is 2.24. The number of hydrogen-bond acceptors (Lipinski definition) is 2. The van der Waals surface area contributed by atoms with E-state index in [0.717, 1.165) is 27.5 Å². The molecule has 0 saturated carbocycles. The highest BCUT2D eigenvalue weighted by molar-refractivity contribution is 6.59. The SMILES string of the molecule is OB(O)c1ccc2c(c1)c1ccccc1n2-c1ccc2ccccc2c1. The zero-order chi connectivity index (χ0) is 17.7. The number of benzene rings is 4. The van der Waals surface area contributed by atoms with Crippen LogP contribution < -0.4 is 5.46 Å². The number of fused-ring (bicyclic) bond motifs is 4. The van der Waals surface area contributed by atoms with Crippen LogP contribution in [0.1, 0.15) is 0 Å². The van der Waals surface area contributed by atoms with Gasteiger partial charge in [0.2, 0.25) is 0 Å². The second-order valence-corrected chi connectivity index (χ2v) is 6.53. The molecule has 1 heterocycles. The fourth-order valence-corrected chi connectivity index (χ4v) is 3.75. The van der Waals surface area contributed by atoms with Gasteiger partial charge in [-0.05, 0) is 40.5 Å². The van der Waals surface area contributed by atoms with Crippen LogP contribution in [0.5, 0.6) is 0 Å². The Kier molecular flexibility index (Phi) is 3.35. The summed E-state index contributed by atoms with van der Waals surface area (Å²) in [7, 11) is -1.47. The Hall–Kier alpha value is -3.08. The van der Waals surface area contributed by atoms with E-state index in [0.29, 0.717) is 5.46 Å². The molecular weight excluding hydrogens is 321 g/mol. The predicted octanol–water partition coefficient (Wildman–Crippen LogP) is 3.62. The lowest BCUT2D eigenvalue weighted by atomic mass is 9.80. The van der Waals surface area contributed by atoms with Crippen molar-refractivity contribution >= 4 is 45.2 Å². The van der Waals surface area contributed by atoms with Crippen LogP contribution in [0.25, 0.3) is 38.3 Å². The summed E-state index contributed by atoms with van der Waals surface area (Å²) in [6.45, 7) is 0. The third-order valence-electron chi connectivity index (χ3n) is 4.99. The standard InChI is InChI=1S/C22H16BNO2/c25-23(26)17-10-12-22-20(14-17)19-7-3-4-8-21(19)24(22)18-11-9-15-5-1-2-6-16(15)13-18/h1-14,25-26H. The molecular formula is C22H16BNO2. The largest absolute Gasteiger partial charge is 0.488 e. The van der Waals surface area contributed by atoms with E-state index >= 15 is 0 Å². The molecule has 0 aliphatic rings. The molecule has 4 heteroatoms. The molecule has 0 amide bonds. The highest BCUT2D eigenvalue weighted by atomic mass is 16.4. The topological polar surface area (TPSA) is 45.4 Å². The minimum Gasteiger partial charge on any atom is -0.423 e. The first kappa shape index (κ1) is 15.2. The molecule has 26 heavy (non-hydrogen) atoms. The monoisotopic (exact) mass is 337 g/mol. The summed E-state index contributed by atoms with van der Waals surface area (Å²) in [6.07, 6.45) is 0. The quantitative estimate of drug-likeness (QED) is 0.483. The molecule has 0 radical (unpaired) electrons. The maximum Gasteiger partial charge on any atom is 0.488 e. The van der Waals surface area contributed by atoms with Gasteiger partial charge in [-0.2, -0.15) is 0 Å². The van der Waals surface area contributed by atoms with Crippen molar-refractivity contribution < 1.29 is 10.0 Å². The highest BCUT2D eigenvalue weighted by Gasteiger charge is 2.16. The first-order valence-electron chi connectivity index (χ1n) is 8.61. The van der Waals surface area contributed by atoms with E-state index in [1.54, 1.807) is 6.07 Å². The van der Waals surface area contributed by atoms with E-state index in [1.165, 1.54) is 10.8 Å². The molecule has 5 aromatic rings. The van der Waals surface area contributed by atoms with Gasteiger partial charge in [0.1, 0.15) is 0 Å². The number of rotatable bonds is 2. The maximum absolute atomic E-state index is 9.55. The Balaban J connectivity index is 1.87. The van der Waals surface area contributed by atoms with Crippen LogP contribution in [0.2, 0.25) is 0 Å². The van der Waals surface area contributed by atoms with Crippen LogP contribution in [0.3, 0.4) is 0 Å². The zero-order valence-electron chi connectivity index (χ0n) is 14.0. The molecule has 0 saturated heterocycles. The third-order valence-corrected chi connectivity index (χ3v) is 4.99. The first-order valence-corrected chi connectivity index (χ1v) is 8.61. The summed E-state index contributed by atoms with van der Waals surface area (Å²) in [6, 6.07) is 28.6. The molecule has 0 spiro atoms. The minimum atomic E-state index is -1.47. The molecule has 124 valence electrons. The van der Waals surface area contributed by atoms with Crippen molar-refractivity contribution in [1.82, 2.24) is 4.57 Å². The van der Waals surface area contributed by atoms with Crippen LogP contribution in [0, 0.1) is 0 Å². The number of hydrogen-bond donors (Lipinski definition) is 2. The fourth-order valence-electron chi connectivity index (χ4n) is 3.75. The van der Waals surface area contributed by atoms with Gasteiger partial charge < -0.3 is 14.6 Å². The second kappa shape index (κ2) is 5.73. The van der Waals surface area contributed by atoms with E-state index < -0.39 is 7.12 Å². The lowest BCUT2D eigenvalue weighted by molar-refractivity contribution is 0.426. The van der Waals surface area contributed by atoms with Crippen LogP contribution in [0.15, 0.2) is 84.9 Å². The Morgan fingerprint density at radius 2 is 1.35 bits per heavy atom. The van der Waals surface area contributed by atoms with Crippen molar-refractivity contribution in [3.05, 3.63) is 84.9 Å². The number of aromatic nitrogens is 1. The van der Waals surface area contributed by atoms with Crippen molar-refractivity contribution in [3.8, 4) is 5.69 Å². The lowest BCUT2D eigenvalue weighted by Gasteiger charge is -2.09. The normalized spacial score (nSPS) is 11.5. The van der Waals surface area contributed by atoms with Crippen molar-refractivity contribution in [2.75, 3.05) is 0 Å². The molecule has 5 rings (SSSR count). The number of para-hydroxylation sites is 1. The summed E-state index contributed by atoms with van der Waals surface area (Å²) in [5.41, 5.74) is 3.74. The summed E-state index contributed by atoms with van der Waals surface area (Å²) < 4.78 is 2.23. The van der Waals surface area contributed by atoms with Gasteiger partial charge >= 0.3 is 7.12 Å². The summed E-state index contributed by atoms with van der Waals surface area (Å²) in [5, 5.41) is 23.6. The molecule has 0 bridgehead atoms. The summed E-state index contributed by atoms with van der Waals surface area (Å²) in [4.78, 5) is 0. The Labute approximate surface area is 150 Å². The fraction of sp³-hybridized carbons (Fsp3) is 0. The average Bonchev–Trinajstić information content (AvgIpc) is 3.01. The Morgan fingerprint density at radius 1 is 0.615 bits per heavy atom. The van der Waals surface area contributed by atoms with Crippen LogP contribution >= 0.6 is 0 Å². The molecule has 0 unspecified atom stereocenters. The predicted molar refractivity (Wildman–Crippen MR) is 108 cm³/mol. The summed E-state index contributed by atoms with van der Waals surface area (Å²) >= 11 is 0. The first-order chi connectivity index (χ1) is 12.7. The maximum atomic E-state index is 9.55. The van der Waals surface area contributed by atoms with E-state index in [-0.39, 0.29) is 0 Å². The molecule has 0 aliphatic heterocycles. The van der Waals surface area contributed by atoms with Crippen molar-refractivity contribution in [2.45, 2.75) is 0 Å². The second-order valence-electron chi connectivity index (χ2n) is 6.53. The molecule has 2 N–H and O–H groups in total. The van der Waals surface area contributed by atoms with Gasteiger partial charge in [-0.1, -0.05) is 60.7 Å². The smallest absolute Gasteiger partial charge is 0.423 e. The van der Waals surface area contributed by atoms with Crippen LogP contribution in [-0.4, -0.2) is 21.7 Å². The van der Waals surface area contributed by atoms with Crippen molar-refractivity contribution in [2.24, 2.45) is 0 Å². The Bertz CT molecular complexity index is 1270. The average molecular weight is 337 g/mol. The molecule has 0 fully saturated rings. The molecule has 0 atom stereocenters. The molecule has 3 nitrogen and oxygen atoms in total. The van der Waals surface area contributed by atoms with Crippen molar-refractivity contribution in [1.29, 1.82) is 0 Å².